The number of nitrogens with one attached hydrogen (secondary N) is 1. The van der Waals surface area contributed by atoms with E-state index in [2.05, 4.69) is 10.2 Å². The lowest BCUT2D eigenvalue weighted by Crippen LogP contribution is -2.52. The van der Waals surface area contributed by atoms with Gasteiger partial charge in [-0.25, -0.2) is 4.79 Å². The number of aryl methyl sites for hydroxylation is 1. The van der Waals surface area contributed by atoms with Crippen LogP contribution in [0, 0.1) is 6.92 Å². The van der Waals surface area contributed by atoms with Gasteiger partial charge < -0.3 is 19.5 Å². The Labute approximate surface area is 153 Å². The van der Waals surface area contributed by atoms with E-state index < -0.39 is 0 Å². The van der Waals surface area contributed by atoms with Gasteiger partial charge in [0.25, 0.3) is 0 Å². The van der Waals surface area contributed by atoms with Gasteiger partial charge in [0.2, 0.25) is 0 Å². The molecule has 6 nitrogen and oxygen atoms in total. The van der Waals surface area contributed by atoms with Crippen LogP contribution in [-0.2, 0) is 0 Å². The molecule has 1 saturated heterocycles. The lowest BCUT2D eigenvalue weighted by molar-refractivity contribution is 0.101. The number of ketones is 1. The molecule has 3 rings (SSSR count). The van der Waals surface area contributed by atoms with Crippen LogP contribution in [0.3, 0.4) is 0 Å². The average molecular weight is 355 g/mol. The standard InChI is InChI=1S/C20H25N3O3/c1-14-4-9-19(26-14)15(2)21-20(25)23-12-10-22(11-13-23)18-7-5-17(6-8-18)16(3)24/h4-9,15H,10-13H2,1-3H3,(H,21,25)/t15-/m0/s1. The number of carbonyl (C=O) groups is 2. The third-order valence-electron chi connectivity index (χ3n) is 4.73. The van der Waals surface area contributed by atoms with Crippen molar-refractivity contribution in [2.24, 2.45) is 0 Å². The Morgan fingerprint density at radius 1 is 1.04 bits per heavy atom. The summed E-state index contributed by atoms with van der Waals surface area (Å²) in [5.41, 5.74) is 1.79. The van der Waals surface area contributed by atoms with Gasteiger partial charge in [-0.3, -0.25) is 4.79 Å². The number of furan rings is 1. The molecule has 138 valence electrons. The predicted octanol–water partition coefficient (Wildman–Crippen LogP) is 3.38. The number of amides is 2. The van der Waals surface area contributed by atoms with Crippen molar-refractivity contribution in [3.8, 4) is 0 Å². The van der Waals surface area contributed by atoms with Crippen molar-refractivity contribution in [3.05, 3.63) is 53.5 Å². The number of Topliss-reactive ketones (excluding diaryl/α,β-unsaturated/α-hetero) is 1. The first-order valence-electron chi connectivity index (χ1n) is 8.92. The fourth-order valence-corrected chi connectivity index (χ4v) is 3.11. The molecule has 0 spiro atoms. The van der Waals surface area contributed by atoms with Crippen LogP contribution in [-0.4, -0.2) is 42.9 Å². The maximum atomic E-state index is 12.5. The van der Waals surface area contributed by atoms with Crippen molar-refractivity contribution < 1.29 is 14.0 Å². The van der Waals surface area contributed by atoms with Crippen molar-refractivity contribution in [2.75, 3.05) is 31.1 Å². The summed E-state index contributed by atoms with van der Waals surface area (Å²) < 4.78 is 5.57. The van der Waals surface area contributed by atoms with Crippen LogP contribution in [0.1, 0.15) is 41.8 Å². The van der Waals surface area contributed by atoms with Gasteiger partial charge in [-0.2, -0.15) is 0 Å². The number of carbonyl (C=O) groups excluding carboxylic acids is 2. The molecular weight excluding hydrogens is 330 g/mol. The van der Waals surface area contributed by atoms with Crippen molar-refractivity contribution in [1.82, 2.24) is 10.2 Å². The first-order chi connectivity index (χ1) is 12.4. The molecule has 2 aromatic rings. The minimum absolute atomic E-state index is 0.0684. The second-order valence-corrected chi connectivity index (χ2v) is 6.70. The Bertz CT molecular complexity index is 774. The van der Waals surface area contributed by atoms with E-state index in [4.69, 9.17) is 4.42 Å². The van der Waals surface area contributed by atoms with E-state index in [1.807, 2.05) is 55.1 Å². The van der Waals surface area contributed by atoms with Crippen LogP contribution < -0.4 is 10.2 Å². The van der Waals surface area contributed by atoms with Gasteiger partial charge in [0.1, 0.15) is 11.5 Å². The van der Waals surface area contributed by atoms with E-state index in [-0.39, 0.29) is 17.9 Å². The third-order valence-corrected chi connectivity index (χ3v) is 4.73. The lowest BCUT2D eigenvalue weighted by Gasteiger charge is -2.36. The topological polar surface area (TPSA) is 65.8 Å². The molecule has 26 heavy (non-hydrogen) atoms. The molecule has 2 amide bonds. The van der Waals surface area contributed by atoms with Crippen LogP contribution in [0.25, 0.3) is 0 Å². The van der Waals surface area contributed by atoms with Gasteiger partial charge in [0.05, 0.1) is 6.04 Å². The Hall–Kier alpha value is -2.76. The number of hydrogen-bond donors (Lipinski definition) is 1. The Kier molecular flexibility index (Phi) is 5.30. The normalized spacial score (nSPS) is 15.7. The van der Waals surface area contributed by atoms with Crippen molar-refractivity contribution in [2.45, 2.75) is 26.8 Å². The quantitative estimate of drug-likeness (QED) is 0.854. The zero-order chi connectivity index (χ0) is 18.7. The molecule has 1 aromatic heterocycles. The molecule has 1 fully saturated rings. The highest BCUT2D eigenvalue weighted by Crippen LogP contribution is 2.19. The van der Waals surface area contributed by atoms with Crippen LogP contribution in [0.15, 0.2) is 40.8 Å². The van der Waals surface area contributed by atoms with Crippen LogP contribution >= 0.6 is 0 Å². The molecule has 1 aliphatic rings. The minimum atomic E-state index is -0.159. The zero-order valence-electron chi connectivity index (χ0n) is 15.5. The van der Waals surface area contributed by atoms with Gasteiger partial charge in [-0.1, -0.05) is 0 Å². The number of rotatable bonds is 4. The number of nitrogens with zero attached hydrogens (tertiary/aromatic N) is 2. The van der Waals surface area contributed by atoms with Crippen LogP contribution in [0.2, 0.25) is 0 Å². The van der Waals surface area contributed by atoms with Crippen LogP contribution in [0.5, 0.6) is 0 Å². The second kappa shape index (κ2) is 7.64. The molecule has 1 aromatic carbocycles. The fourth-order valence-electron chi connectivity index (χ4n) is 3.11. The van der Waals surface area contributed by atoms with Gasteiger partial charge in [0.15, 0.2) is 5.78 Å². The maximum Gasteiger partial charge on any atom is 0.318 e. The zero-order valence-corrected chi connectivity index (χ0v) is 15.5. The molecule has 0 aliphatic carbocycles. The van der Waals surface area contributed by atoms with Gasteiger partial charge in [-0.15, -0.1) is 0 Å². The van der Waals surface area contributed by atoms with Crippen molar-refractivity contribution in [3.63, 3.8) is 0 Å². The minimum Gasteiger partial charge on any atom is -0.464 e. The summed E-state index contributed by atoms with van der Waals surface area (Å²) >= 11 is 0. The first kappa shape index (κ1) is 18.0. The van der Waals surface area contributed by atoms with Gasteiger partial charge >= 0.3 is 6.03 Å². The van der Waals surface area contributed by atoms with E-state index in [1.165, 1.54) is 0 Å². The second-order valence-electron chi connectivity index (χ2n) is 6.70. The summed E-state index contributed by atoms with van der Waals surface area (Å²) in [6, 6.07) is 11.2. The predicted molar refractivity (Wildman–Crippen MR) is 101 cm³/mol. The van der Waals surface area contributed by atoms with E-state index >= 15 is 0 Å². The fraction of sp³-hybridized carbons (Fsp3) is 0.400. The number of piperazine rings is 1. The molecule has 1 aliphatic heterocycles. The summed E-state index contributed by atoms with van der Waals surface area (Å²) in [6.07, 6.45) is 0. The summed E-state index contributed by atoms with van der Waals surface area (Å²) in [6.45, 7) is 8.22. The van der Waals surface area contributed by atoms with E-state index in [0.717, 1.165) is 30.3 Å². The van der Waals surface area contributed by atoms with Gasteiger partial charge in [0, 0.05) is 37.4 Å². The number of benzene rings is 1. The molecule has 0 radical (unpaired) electrons. The van der Waals surface area contributed by atoms with Gasteiger partial charge in [-0.05, 0) is 57.2 Å². The van der Waals surface area contributed by atoms with E-state index in [0.29, 0.717) is 18.7 Å². The highest BCUT2D eigenvalue weighted by atomic mass is 16.3. The SMILES string of the molecule is CC(=O)c1ccc(N2CCN(C(=O)N[C@@H](C)c3ccc(C)o3)CC2)cc1. The number of anilines is 1. The number of urea groups is 1. The smallest absolute Gasteiger partial charge is 0.318 e. The van der Waals surface area contributed by atoms with Crippen LogP contribution in [0.4, 0.5) is 10.5 Å². The molecule has 6 heteroatoms. The largest absolute Gasteiger partial charge is 0.464 e. The van der Waals surface area contributed by atoms with E-state index in [9.17, 15) is 9.59 Å². The maximum absolute atomic E-state index is 12.5. The first-order valence-corrected chi connectivity index (χ1v) is 8.92. The molecule has 1 N–H and O–H groups in total. The Morgan fingerprint density at radius 3 is 2.23 bits per heavy atom. The monoisotopic (exact) mass is 355 g/mol. The molecule has 1 atom stereocenters. The summed E-state index contributed by atoms with van der Waals surface area (Å²) in [5.74, 6) is 1.67. The Balaban J connectivity index is 1.52. The molecule has 0 bridgehead atoms. The third kappa shape index (κ3) is 4.07. The summed E-state index contributed by atoms with van der Waals surface area (Å²) in [4.78, 5) is 27.9. The molecule has 0 unspecified atom stereocenters. The van der Waals surface area contributed by atoms with E-state index in [1.54, 1.807) is 6.92 Å². The molecular formula is C20H25N3O3. The Morgan fingerprint density at radius 2 is 1.69 bits per heavy atom. The summed E-state index contributed by atoms with van der Waals surface area (Å²) in [7, 11) is 0. The molecule has 2 heterocycles. The highest BCUT2D eigenvalue weighted by Gasteiger charge is 2.23. The highest BCUT2D eigenvalue weighted by molar-refractivity contribution is 5.94. The lowest BCUT2D eigenvalue weighted by atomic mass is 10.1. The number of hydrogen-bond acceptors (Lipinski definition) is 4. The van der Waals surface area contributed by atoms with Crippen molar-refractivity contribution in [1.29, 1.82) is 0 Å². The summed E-state index contributed by atoms with van der Waals surface area (Å²) in [5, 5.41) is 2.99. The van der Waals surface area contributed by atoms with Crippen molar-refractivity contribution >= 4 is 17.5 Å². The average Bonchev–Trinajstić information content (AvgIpc) is 3.08. The molecule has 0 saturated carbocycles.